The summed E-state index contributed by atoms with van der Waals surface area (Å²) in [5.41, 5.74) is 0.771. The maximum Gasteiger partial charge on any atom is 0.185 e. The third kappa shape index (κ3) is 2.13. The van der Waals surface area contributed by atoms with Gasteiger partial charge in [0.15, 0.2) is 12.0 Å². The van der Waals surface area contributed by atoms with Crippen molar-refractivity contribution in [1.29, 1.82) is 0 Å². The van der Waals surface area contributed by atoms with Crippen LogP contribution in [0.3, 0.4) is 0 Å². The molecule has 0 amide bonds. The number of hydrogen-bond acceptors (Lipinski definition) is 2. The highest BCUT2D eigenvalue weighted by Crippen LogP contribution is 2.31. The van der Waals surface area contributed by atoms with E-state index in [0.717, 1.165) is 10.0 Å². The predicted octanol–water partition coefficient (Wildman–Crippen LogP) is 4.18. The van der Waals surface area contributed by atoms with E-state index in [1.807, 2.05) is 12.1 Å². The van der Waals surface area contributed by atoms with Gasteiger partial charge in [-0.25, -0.2) is 0 Å². The van der Waals surface area contributed by atoms with Gasteiger partial charge in [-0.3, -0.25) is 4.79 Å². The van der Waals surface area contributed by atoms with E-state index in [2.05, 4.69) is 15.9 Å². The van der Waals surface area contributed by atoms with Gasteiger partial charge in [-0.2, -0.15) is 0 Å². The first-order valence-electron chi connectivity index (χ1n) is 4.21. The van der Waals surface area contributed by atoms with Crippen molar-refractivity contribution in [2.24, 2.45) is 0 Å². The Hall–Kier alpha value is -1.06. The Morgan fingerprint density at radius 1 is 1.27 bits per heavy atom. The smallest absolute Gasteiger partial charge is 0.185 e. The average Bonchev–Trinajstić information content (AvgIpc) is 2.66. The fourth-order valence-corrected chi connectivity index (χ4v) is 2.02. The molecule has 2 aromatic rings. The van der Waals surface area contributed by atoms with Crippen LogP contribution in [0.1, 0.15) is 10.6 Å². The molecule has 0 saturated heterocycles. The molecule has 2 nitrogen and oxygen atoms in total. The molecule has 15 heavy (non-hydrogen) atoms. The van der Waals surface area contributed by atoms with Crippen LogP contribution in [0.15, 0.2) is 39.2 Å². The van der Waals surface area contributed by atoms with E-state index in [-0.39, 0.29) is 0 Å². The van der Waals surface area contributed by atoms with Gasteiger partial charge in [0.1, 0.15) is 5.76 Å². The Labute approximate surface area is 100.0 Å². The molecule has 0 atom stereocenters. The number of hydrogen-bond donors (Lipinski definition) is 0. The molecule has 0 N–H and O–H groups in total. The minimum atomic E-state index is 0.295. The molecule has 1 aromatic heterocycles. The van der Waals surface area contributed by atoms with Crippen LogP contribution >= 0.6 is 27.5 Å². The second-order valence-corrected chi connectivity index (χ2v) is 4.27. The van der Waals surface area contributed by atoms with E-state index in [0.29, 0.717) is 22.8 Å². The van der Waals surface area contributed by atoms with E-state index in [4.69, 9.17) is 16.0 Å². The molecule has 0 bridgehead atoms. The Morgan fingerprint density at radius 2 is 2.07 bits per heavy atom. The van der Waals surface area contributed by atoms with Gasteiger partial charge in [0.05, 0.1) is 5.02 Å². The molecule has 4 heteroatoms. The van der Waals surface area contributed by atoms with Gasteiger partial charge in [-0.15, -0.1) is 0 Å². The molecular weight excluding hydrogens is 279 g/mol. The monoisotopic (exact) mass is 284 g/mol. The van der Waals surface area contributed by atoms with Crippen LogP contribution in [0.5, 0.6) is 0 Å². The lowest BCUT2D eigenvalue weighted by molar-refractivity contribution is 0.110. The summed E-state index contributed by atoms with van der Waals surface area (Å²) in [4.78, 5) is 10.5. The molecule has 1 aromatic carbocycles. The molecule has 76 valence electrons. The minimum Gasteiger partial charge on any atom is -0.453 e. The summed E-state index contributed by atoms with van der Waals surface area (Å²) in [6, 6.07) is 8.81. The van der Waals surface area contributed by atoms with Gasteiger partial charge in [0.2, 0.25) is 0 Å². The van der Waals surface area contributed by atoms with E-state index in [1.54, 1.807) is 18.2 Å². The highest BCUT2D eigenvalue weighted by atomic mass is 79.9. The van der Waals surface area contributed by atoms with Crippen LogP contribution in [0.4, 0.5) is 0 Å². The zero-order chi connectivity index (χ0) is 10.8. The van der Waals surface area contributed by atoms with E-state index < -0.39 is 0 Å². The van der Waals surface area contributed by atoms with E-state index in [1.165, 1.54) is 0 Å². The van der Waals surface area contributed by atoms with Gasteiger partial charge in [-0.05, 0) is 30.3 Å². The van der Waals surface area contributed by atoms with Crippen molar-refractivity contribution >= 4 is 33.8 Å². The van der Waals surface area contributed by atoms with Gasteiger partial charge >= 0.3 is 0 Å². The summed E-state index contributed by atoms with van der Waals surface area (Å²) in [5.74, 6) is 0.888. The summed E-state index contributed by atoms with van der Waals surface area (Å²) in [7, 11) is 0. The second kappa shape index (κ2) is 4.21. The molecule has 1 heterocycles. The Kier molecular flexibility index (Phi) is 2.93. The molecule has 2 rings (SSSR count). The number of aldehydes is 1. The van der Waals surface area contributed by atoms with Crippen LogP contribution in [0.25, 0.3) is 11.3 Å². The molecule has 0 radical (unpaired) electrons. The van der Waals surface area contributed by atoms with Crippen LogP contribution in [-0.2, 0) is 0 Å². The number of rotatable bonds is 2. The topological polar surface area (TPSA) is 30.2 Å². The summed E-state index contributed by atoms with van der Waals surface area (Å²) in [6.45, 7) is 0. The van der Waals surface area contributed by atoms with Crippen molar-refractivity contribution in [1.82, 2.24) is 0 Å². The third-order valence-corrected chi connectivity index (χ3v) is 2.75. The summed E-state index contributed by atoms with van der Waals surface area (Å²) < 4.78 is 6.17. The summed E-state index contributed by atoms with van der Waals surface area (Å²) in [6.07, 6.45) is 0.663. The second-order valence-electron chi connectivity index (χ2n) is 2.94. The number of halogens is 2. The van der Waals surface area contributed by atoms with Crippen molar-refractivity contribution in [3.05, 3.63) is 45.6 Å². The molecule has 0 spiro atoms. The van der Waals surface area contributed by atoms with Gasteiger partial charge < -0.3 is 4.42 Å². The molecule has 0 fully saturated rings. The Bertz CT molecular complexity index is 505. The molecule has 0 unspecified atom stereocenters. The lowest BCUT2D eigenvalue weighted by Crippen LogP contribution is -1.76. The SMILES string of the molecule is O=Cc1ccc(-c2ccc(Br)cc2Cl)o1. The highest BCUT2D eigenvalue weighted by Gasteiger charge is 2.08. The average molecular weight is 286 g/mol. The van der Waals surface area contributed by atoms with Crippen LogP contribution in [0, 0.1) is 0 Å². The highest BCUT2D eigenvalue weighted by molar-refractivity contribution is 9.10. The summed E-state index contributed by atoms with van der Waals surface area (Å²) >= 11 is 9.35. The van der Waals surface area contributed by atoms with Gasteiger partial charge in [0, 0.05) is 10.0 Å². The van der Waals surface area contributed by atoms with Crippen molar-refractivity contribution in [3.8, 4) is 11.3 Å². The quantitative estimate of drug-likeness (QED) is 0.775. The van der Waals surface area contributed by atoms with E-state index >= 15 is 0 Å². The Balaban J connectivity index is 2.49. The fourth-order valence-electron chi connectivity index (χ4n) is 1.25. The first kappa shape index (κ1) is 10.5. The standard InChI is InChI=1S/C11H6BrClO2/c12-7-1-3-9(10(13)5-7)11-4-2-8(6-14)15-11/h1-6H. The van der Waals surface area contributed by atoms with Crippen molar-refractivity contribution in [3.63, 3.8) is 0 Å². The number of carbonyl (C=O) groups excluding carboxylic acids is 1. The van der Waals surface area contributed by atoms with Crippen molar-refractivity contribution in [2.75, 3.05) is 0 Å². The maximum atomic E-state index is 10.5. The third-order valence-electron chi connectivity index (χ3n) is 1.94. The number of furan rings is 1. The van der Waals surface area contributed by atoms with E-state index in [9.17, 15) is 4.79 Å². The number of benzene rings is 1. The van der Waals surface area contributed by atoms with Crippen LogP contribution in [0.2, 0.25) is 5.02 Å². The molecular formula is C11H6BrClO2. The van der Waals surface area contributed by atoms with Crippen LogP contribution in [-0.4, -0.2) is 6.29 Å². The summed E-state index contributed by atoms with van der Waals surface area (Å²) in [5, 5.41) is 0.580. The van der Waals surface area contributed by atoms with Gasteiger partial charge in [0.25, 0.3) is 0 Å². The normalized spacial score (nSPS) is 10.3. The minimum absolute atomic E-state index is 0.295. The lowest BCUT2D eigenvalue weighted by atomic mass is 10.2. The zero-order valence-electron chi connectivity index (χ0n) is 7.54. The predicted molar refractivity (Wildman–Crippen MR) is 62.2 cm³/mol. The zero-order valence-corrected chi connectivity index (χ0v) is 9.88. The lowest BCUT2D eigenvalue weighted by Gasteiger charge is -2.00. The van der Waals surface area contributed by atoms with Crippen molar-refractivity contribution < 1.29 is 9.21 Å². The molecule has 0 saturated carbocycles. The number of carbonyl (C=O) groups is 1. The molecule has 0 aliphatic rings. The maximum absolute atomic E-state index is 10.5. The Morgan fingerprint density at radius 3 is 2.67 bits per heavy atom. The molecule has 0 aliphatic heterocycles. The van der Waals surface area contributed by atoms with Gasteiger partial charge in [-0.1, -0.05) is 27.5 Å². The fraction of sp³-hybridized carbons (Fsp3) is 0. The van der Waals surface area contributed by atoms with Crippen molar-refractivity contribution in [2.45, 2.75) is 0 Å². The first-order valence-corrected chi connectivity index (χ1v) is 5.38. The first-order chi connectivity index (χ1) is 7.20. The molecule has 0 aliphatic carbocycles. The van der Waals surface area contributed by atoms with Crippen LogP contribution < -0.4 is 0 Å². The largest absolute Gasteiger partial charge is 0.453 e.